The molecule has 1 aliphatic heterocycles. The topological polar surface area (TPSA) is 81.4 Å². The van der Waals surface area contributed by atoms with Crippen molar-refractivity contribution >= 4 is 10.2 Å². The lowest BCUT2D eigenvalue weighted by atomic mass is 10.3. The normalized spacial score (nSPS) is 27.1. The van der Waals surface area contributed by atoms with Crippen molar-refractivity contribution in [3.05, 3.63) is 0 Å². The molecule has 0 aliphatic carbocycles. The summed E-state index contributed by atoms with van der Waals surface area (Å²) in [5.74, 6) is 0. The van der Waals surface area contributed by atoms with Gasteiger partial charge in [0.1, 0.15) is 0 Å². The Hall–Kier alpha value is -0.170. The highest BCUT2D eigenvalue weighted by Crippen LogP contribution is 2.02. The molecule has 0 aromatic heterocycles. The Morgan fingerprint density at radius 3 is 2.80 bits per heavy atom. The maximum atomic E-state index is 10.4. The second-order valence-corrected chi connectivity index (χ2v) is 3.55. The van der Waals surface area contributed by atoms with E-state index in [1.54, 1.807) is 0 Å². The molecule has 0 radical (unpaired) electrons. The van der Waals surface area contributed by atoms with Crippen LogP contribution in [0.5, 0.6) is 0 Å². The number of ether oxygens (including phenoxy) is 1. The summed E-state index contributed by atoms with van der Waals surface area (Å²) in [5.41, 5.74) is 0. The number of nitrogens with one attached hydrogen (secondary N) is 1. The van der Waals surface area contributed by atoms with E-state index in [0.717, 1.165) is 0 Å². The van der Waals surface area contributed by atoms with Gasteiger partial charge in [0.25, 0.3) is 10.2 Å². The average Bonchev–Trinajstić information content (AvgIpc) is 2.12. The number of nitrogens with two attached hydrogens (primary N) is 1. The fourth-order valence-corrected chi connectivity index (χ4v) is 1.51. The van der Waals surface area contributed by atoms with Crippen molar-refractivity contribution in [3.8, 4) is 0 Å². The van der Waals surface area contributed by atoms with Crippen molar-refractivity contribution in [1.82, 2.24) is 4.72 Å². The summed E-state index contributed by atoms with van der Waals surface area (Å²) < 4.78 is 28.0. The van der Waals surface area contributed by atoms with E-state index in [1.165, 1.54) is 0 Å². The molecule has 6 heteroatoms. The summed E-state index contributed by atoms with van der Waals surface area (Å²) in [7, 11) is -3.54. The minimum absolute atomic E-state index is 0. The van der Waals surface area contributed by atoms with Crippen LogP contribution in [0.2, 0.25) is 0 Å². The summed E-state index contributed by atoms with van der Waals surface area (Å²) in [5, 5.41) is 4.72. The van der Waals surface area contributed by atoms with Crippen LogP contribution in [-0.2, 0) is 14.9 Å². The van der Waals surface area contributed by atoms with E-state index in [-0.39, 0.29) is 8.90 Å². The lowest BCUT2D eigenvalue weighted by molar-refractivity contribution is 0.192. The number of hydrogen-bond acceptors (Lipinski definition) is 3. The van der Waals surface area contributed by atoms with Crippen molar-refractivity contribution in [1.29, 1.82) is 0 Å². The van der Waals surface area contributed by atoms with Gasteiger partial charge >= 0.3 is 0 Å². The zero-order valence-electron chi connectivity index (χ0n) is 5.41. The van der Waals surface area contributed by atoms with Gasteiger partial charge in [0, 0.05) is 15.5 Å². The maximum Gasteiger partial charge on any atom is 0.274 e. The molecule has 5 nitrogen and oxygen atoms in total. The van der Waals surface area contributed by atoms with Crippen molar-refractivity contribution in [2.75, 3.05) is 13.2 Å². The lowest BCUT2D eigenvalue weighted by Crippen LogP contribution is -2.39. The number of rotatable bonds is 2. The Bertz CT molecular complexity index is 202. The molecule has 0 bridgehead atoms. The molecule has 64 valence electrons. The maximum absolute atomic E-state index is 10.4. The van der Waals surface area contributed by atoms with Gasteiger partial charge in [-0.25, -0.2) is 5.14 Å². The van der Waals surface area contributed by atoms with Gasteiger partial charge in [0.15, 0.2) is 0 Å². The second kappa shape index (κ2) is 2.83. The first-order valence-corrected chi connectivity index (χ1v) is 4.50. The molecule has 1 heterocycles. The molecule has 1 fully saturated rings. The van der Waals surface area contributed by atoms with Gasteiger partial charge in [-0.15, -0.1) is 0 Å². The third-order valence-electron chi connectivity index (χ3n) is 1.26. The van der Waals surface area contributed by atoms with E-state index in [1.807, 2.05) is 0 Å². The molecule has 0 aromatic carbocycles. The average molecular weight is 170 g/mol. The molecule has 1 saturated heterocycles. The molecular weight excluding hydrogens is 156 g/mol. The van der Waals surface area contributed by atoms with Gasteiger partial charge < -0.3 is 4.74 Å². The molecule has 10 heavy (non-hydrogen) atoms. The van der Waals surface area contributed by atoms with Gasteiger partial charge in [-0.3, -0.25) is 0 Å². The molecular formula is C4H14N2O3S. The predicted molar refractivity (Wildman–Crippen MR) is 39.7 cm³/mol. The van der Waals surface area contributed by atoms with E-state index in [0.29, 0.717) is 19.6 Å². The standard InChI is InChI=1S/C4H10N2O3S.2H2/c5-10(7,8)6-4-1-2-9-3-4;;/h4,6H,1-3H2,(H2,5,7,8);2*1H. The van der Waals surface area contributed by atoms with E-state index in [4.69, 9.17) is 9.88 Å². The molecule has 0 saturated carbocycles. The fourth-order valence-electron chi connectivity index (χ4n) is 0.860. The van der Waals surface area contributed by atoms with Gasteiger partial charge in [0.05, 0.1) is 6.61 Å². The van der Waals surface area contributed by atoms with Crippen LogP contribution in [0, 0.1) is 0 Å². The fraction of sp³-hybridized carbons (Fsp3) is 1.00. The largest absolute Gasteiger partial charge is 0.380 e. The first-order valence-electron chi connectivity index (χ1n) is 2.96. The monoisotopic (exact) mass is 170 g/mol. The highest BCUT2D eigenvalue weighted by Gasteiger charge is 2.18. The third kappa shape index (κ3) is 2.61. The van der Waals surface area contributed by atoms with Crippen LogP contribution >= 0.6 is 0 Å². The highest BCUT2D eigenvalue weighted by molar-refractivity contribution is 7.87. The first kappa shape index (κ1) is 7.93. The summed E-state index contributed by atoms with van der Waals surface area (Å²) in [4.78, 5) is 0. The van der Waals surface area contributed by atoms with Crippen LogP contribution < -0.4 is 9.86 Å². The van der Waals surface area contributed by atoms with Crippen molar-refractivity contribution in [2.24, 2.45) is 5.14 Å². The summed E-state index contributed by atoms with van der Waals surface area (Å²) >= 11 is 0. The molecule has 0 spiro atoms. The van der Waals surface area contributed by atoms with Crippen LogP contribution in [0.15, 0.2) is 0 Å². The molecule has 1 rings (SSSR count). The molecule has 0 aromatic rings. The third-order valence-corrected chi connectivity index (χ3v) is 1.92. The van der Waals surface area contributed by atoms with E-state index in [9.17, 15) is 8.42 Å². The summed E-state index contributed by atoms with van der Waals surface area (Å²) in [6.07, 6.45) is 0.705. The molecule has 0 amide bonds. The van der Waals surface area contributed by atoms with Crippen molar-refractivity contribution < 1.29 is 16.0 Å². The SMILES string of the molecule is NS(=O)(=O)NC1CCOC1.[HH].[HH]. The van der Waals surface area contributed by atoms with Crippen LogP contribution in [0.3, 0.4) is 0 Å². The highest BCUT2D eigenvalue weighted by atomic mass is 32.2. The Balaban J connectivity index is 0. The van der Waals surface area contributed by atoms with Crippen LogP contribution in [0.4, 0.5) is 0 Å². The van der Waals surface area contributed by atoms with Crippen LogP contribution in [0.1, 0.15) is 9.27 Å². The zero-order chi connectivity index (χ0) is 7.61. The Labute approximate surface area is 62.7 Å². The minimum Gasteiger partial charge on any atom is -0.380 e. The molecule has 3 N–H and O–H groups in total. The molecule has 1 atom stereocenters. The Morgan fingerprint density at radius 1 is 1.70 bits per heavy atom. The molecule has 1 unspecified atom stereocenters. The van der Waals surface area contributed by atoms with E-state index < -0.39 is 10.2 Å². The Morgan fingerprint density at radius 2 is 2.40 bits per heavy atom. The van der Waals surface area contributed by atoms with Gasteiger partial charge in [-0.1, -0.05) is 0 Å². The van der Waals surface area contributed by atoms with Gasteiger partial charge in [0.2, 0.25) is 0 Å². The van der Waals surface area contributed by atoms with Crippen molar-refractivity contribution in [3.63, 3.8) is 0 Å². The van der Waals surface area contributed by atoms with Gasteiger partial charge in [-0.2, -0.15) is 13.1 Å². The van der Waals surface area contributed by atoms with E-state index >= 15 is 0 Å². The van der Waals surface area contributed by atoms with Crippen LogP contribution in [-0.4, -0.2) is 27.7 Å². The van der Waals surface area contributed by atoms with Crippen molar-refractivity contribution in [2.45, 2.75) is 12.5 Å². The molecule has 1 aliphatic rings. The second-order valence-electron chi connectivity index (χ2n) is 2.22. The van der Waals surface area contributed by atoms with E-state index in [2.05, 4.69) is 4.72 Å². The first-order chi connectivity index (χ1) is 4.58. The smallest absolute Gasteiger partial charge is 0.274 e. The lowest BCUT2D eigenvalue weighted by Gasteiger charge is -2.05. The Kier molecular flexibility index (Phi) is 2.24. The summed E-state index contributed by atoms with van der Waals surface area (Å²) in [6.45, 7) is 1.03. The minimum atomic E-state index is -3.54. The zero-order valence-corrected chi connectivity index (χ0v) is 6.23. The van der Waals surface area contributed by atoms with Crippen LogP contribution in [0.25, 0.3) is 0 Å². The van der Waals surface area contributed by atoms with Gasteiger partial charge in [-0.05, 0) is 6.42 Å². The predicted octanol–water partition coefficient (Wildman–Crippen LogP) is -0.940. The number of hydrogen-bond donors (Lipinski definition) is 2. The summed E-state index contributed by atoms with van der Waals surface area (Å²) in [6, 6.07) is -0.130. The quantitative estimate of drug-likeness (QED) is 0.561.